The summed E-state index contributed by atoms with van der Waals surface area (Å²) in [6.07, 6.45) is 2.74. The molecule has 0 aliphatic carbocycles. The Morgan fingerprint density at radius 1 is 0.953 bits per heavy atom. The Morgan fingerprint density at radius 2 is 1.72 bits per heavy atom. The number of thiazole rings is 1. The molecule has 1 saturated heterocycles. The fraction of sp³-hybridized carbons (Fsp3) is 0.324. The van der Waals surface area contributed by atoms with Crippen molar-refractivity contribution in [3.05, 3.63) is 82.4 Å². The van der Waals surface area contributed by atoms with Gasteiger partial charge in [-0.05, 0) is 85.8 Å². The van der Waals surface area contributed by atoms with Gasteiger partial charge in [-0.1, -0.05) is 43.7 Å². The summed E-state index contributed by atoms with van der Waals surface area (Å²) in [6, 6.07) is 15.3. The summed E-state index contributed by atoms with van der Waals surface area (Å²) in [7, 11) is 1.55. The minimum Gasteiger partial charge on any atom is -0.507 e. The van der Waals surface area contributed by atoms with Crippen molar-refractivity contribution in [3.8, 4) is 17.2 Å². The number of methoxy groups -OCH3 is 1. The molecule has 1 aliphatic heterocycles. The van der Waals surface area contributed by atoms with Gasteiger partial charge >= 0.3 is 5.91 Å². The van der Waals surface area contributed by atoms with Crippen LogP contribution in [0.1, 0.15) is 61.4 Å². The van der Waals surface area contributed by atoms with E-state index in [-0.39, 0.29) is 11.3 Å². The first kappa shape index (κ1) is 30.1. The third-order valence-corrected chi connectivity index (χ3v) is 8.33. The Labute approximate surface area is 255 Å². The summed E-state index contributed by atoms with van der Waals surface area (Å²) in [6.45, 7) is 9.19. The third-order valence-electron chi connectivity index (χ3n) is 7.33. The number of aliphatic hydroxyl groups excluding tert-OH is 1. The van der Waals surface area contributed by atoms with E-state index in [4.69, 9.17) is 19.2 Å². The molecule has 1 amide bonds. The molecule has 1 atom stereocenters. The van der Waals surface area contributed by atoms with E-state index in [0.717, 1.165) is 40.6 Å². The van der Waals surface area contributed by atoms with E-state index in [1.807, 2.05) is 32.9 Å². The molecule has 43 heavy (non-hydrogen) atoms. The van der Waals surface area contributed by atoms with Crippen molar-refractivity contribution in [3.63, 3.8) is 0 Å². The molecule has 5 rings (SSSR count). The van der Waals surface area contributed by atoms with Crippen LogP contribution in [0.5, 0.6) is 17.2 Å². The molecule has 0 bridgehead atoms. The lowest BCUT2D eigenvalue weighted by Gasteiger charge is -2.24. The van der Waals surface area contributed by atoms with E-state index in [0.29, 0.717) is 46.7 Å². The Balaban J connectivity index is 1.66. The second kappa shape index (κ2) is 12.9. The zero-order chi connectivity index (χ0) is 30.7. The van der Waals surface area contributed by atoms with E-state index in [1.54, 1.807) is 49.6 Å². The first-order valence-electron chi connectivity index (χ1n) is 14.5. The third kappa shape index (κ3) is 5.95. The molecule has 9 heteroatoms. The summed E-state index contributed by atoms with van der Waals surface area (Å²) >= 11 is 1.34. The van der Waals surface area contributed by atoms with Crippen LogP contribution in [0.25, 0.3) is 16.0 Å². The minimum absolute atomic E-state index is 0.0268. The molecule has 1 aromatic heterocycles. The molecule has 0 saturated carbocycles. The molecule has 224 valence electrons. The molecule has 0 spiro atoms. The van der Waals surface area contributed by atoms with Crippen LogP contribution in [-0.4, -0.2) is 42.1 Å². The number of hydrogen-bond donors (Lipinski definition) is 1. The quantitative estimate of drug-likeness (QED) is 0.0823. The maximum Gasteiger partial charge on any atom is 0.301 e. The number of carbonyl (C=O) groups excluding carboxylic acids is 2. The Kier molecular flexibility index (Phi) is 9.01. The highest BCUT2D eigenvalue weighted by Crippen LogP contribution is 2.46. The van der Waals surface area contributed by atoms with Gasteiger partial charge in [0.15, 0.2) is 16.6 Å². The fourth-order valence-corrected chi connectivity index (χ4v) is 6.36. The summed E-state index contributed by atoms with van der Waals surface area (Å²) < 4.78 is 18.2. The van der Waals surface area contributed by atoms with Crippen LogP contribution >= 0.6 is 11.3 Å². The zero-order valence-electron chi connectivity index (χ0n) is 25.1. The summed E-state index contributed by atoms with van der Waals surface area (Å²) in [5.41, 5.74) is 3.77. The van der Waals surface area contributed by atoms with Crippen molar-refractivity contribution in [1.29, 1.82) is 0 Å². The van der Waals surface area contributed by atoms with Gasteiger partial charge in [0.1, 0.15) is 11.5 Å². The summed E-state index contributed by atoms with van der Waals surface area (Å²) in [5.74, 6) is -0.145. The van der Waals surface area contributed by atoms with Crippen LogP contribution in [0, 0.1) is 13.8 Å². The number of unbranched alkanes of at least 4 members (excludes halogenated alkanes) is 1. The number of carbonyl (C=O) groups is 2. The summed E-state index contributed by atoms with van der Waals surface area (Å²) in [4.78, 5) is 33.7. The topological polar surface area (TPSA) is 98.2 Å². The van der Waals surface area contributed by atoms with Crippen LogP contribution in [-0.2, 0) is 9.59 Å². The fourth-order valence-electron chi connectivity index (χ4n) is 5.19. The van der Waals surface area contributed by atoms with E-state index >= 15 is 0 Å². The largest absolute Gasteiger partial charge is 0.507 e. The van der Waals surface area contributed by atoms with Gasteiger partial charge in [-0.3, -0.25) is 14.5 Å². The van der Waals surface area contributed by atoms with Crippen molar-refractivity contribution < 1.29 is 28.9 Å². The van der Waals surface area contributed by atoms with E-state index in [9.17, 15) is 14.7 Å². The molecule has 0 radical (unpaired) electrons. The van der Waals surface area contributed by atoms with Crippen molar-refractivity contribution in [2.45, 2.75) is 53.0 Å². The number of anilines is 1. The van der Waals surface area contributed by atoms with Crippen molar-refractivity contribution in [2.24, 2.45) is 0 Å². The molecule has 2 heterocycles. The Hall–Kier alpha value is -4.37. The molecular formula is C34H36N2O6S. The molecule has 1 unspecified atom stereocenters. The standard InChI is InChI=1S/C34H36N2O6S/c1-6-8-16-42-25-14-11-23(19-26(25)40-5)30-28(31(37)22-9-12-24(13-10-22)41-15-7-2)32(38)33(39)36(30)34-35-29-21(4)17-20(3)18-27(29)43-34/h9-14,17-19,30,37H,6-8,15-16H2,1-5H3. The number of nitrogens with zero attached hydrogens (tertiary/aromatic N) is 2. The lowest BCUT2D eigenvalue weighted by atomic mass is 9.95. The number of hydrogen-bond acceptors (Lipinski definition) is 8. The number of benzene rings is 3. The van der Waals surface area contributed by atoms with Crippen LogP contribution in [0.3, 0.4) is 0 Å². The summed E-state index contributed by atoms with van der Waals surface area (Å²) in [5, 5.41) is 12.0. The van der Waals surface area contributed by atoms with Gasteiger partial charge in [0, 0.05) is 5.56 Å². The van der Waals surface area contributed by atoms with Gasteiger partial charge in [0.2, 0.25) is 0 Å². The molecule has 1 fully saturated rings. The molecule has 3 aromatic carbocycles. The minimum atomic E-state index is -0.948. The first-order valence-corrected chi connectivity index (χ1v) is 15.3. The second-order valence-corrected chi connectivity index (χ2v) is 11.6. The molecule has 1 aliphatic rings. The average molecular weight is 601 g/mol. The van der Waals surface area contributed by atoms with Crippen LogP contribution in [0.4, 0.5) is 5.13 Å². The molecular weight excluding hydrogens is 564 g/mol. The van der Waals surface area contributed by atoms with Crippen molar-refractivity contribution in [2.75, 3.05) is 25.2 Å². The number of aryl methyl sites for hydroxylation is 2. The van der Waals surface area contributed by atoms with Gasteiger partial charge in [-0.2, -0.15) is 0 Å². The number of ether oxygens (including phenoxy) is 3. The lowest BCUT2D eigenvalue weighted by molar-refractivity contribution is -0.132. The van der Waals surface area contributed by atoms with Crippen LogP contribution in [0.2, 0.25) is 0 Å². The van der Waals surface area contributed by atoms with E-state index in [1.165, 1.54) is 16.2 Å². The number of rotatable bonds is 11. The van der Waals surface area contributed by atoms with Gasteiger partial charge < -0.3 is 19.3 Å². The Morgan fingerprint density at radius 3 is 2.42 bits per heavy atom. The van der Waals surface area contributed by atoms with Gasteiger partial charge in [-0.15, -0.1) is 0 Å². The number of amides is 1. The highest BCUT2D eigenvalue weighted by atomic mass is 32.1. The smallest absolute Gasteiger partial charge is 0.301 e. The average Bonchev–Trinajstić information content (AvgIpc) is 3.54. The number of aliphatic hydroxyl groups is 1. The molecule has 1 N–H and O–H groups in total. The molecule has 4 aromatic rings. The van der Waals surface area contributed by atoms with Crippen molar-refractivity contribution in [1.82, 2.24) is 4.98 Å². The highest BCUT2D eigenvalue weighted by Gasteiger charge is 2.48. The zero-order valence-corrected chi connectivity index (χ0v) is 25.9. The maximum absolute atomic E-state index is 13.8. The van der Waals surface area contributed by atoms with Crippen LogP contribution in [0.15, 0.2) is 60.2 Å². The van der Waals surface area contributed by atoms with E-state index < -0.39 is 17.7 Å². The molecule has 8 nitrogen and oxygen atoms in total. The lowest BCUT2D eigenvalue weighted by Crippen LogP contribution is -2.29. The van der Waals surface area contributed by atoms with Gasteiger partial charge in [0.25, 0.3) is 5.78 Å². The van der Waals surface area contributed by atoms with Crippen LogP contribution < -0.4 is 19.1 Å². The monoisotopic (exact) mass is 600 g/mol. The number of ketones is 1. The van der Waals surface area contributed by atoms with E-state index in [2.05, 4.69) is 6.92 Å². The van der Waals surface area contributed by atoms with Gasteiger partial charge in [0.05, 0.1) is 42.2 Å². The highest BCUT2D eigenvalue weighted by molar-refractivity contribution is 7.22. The van der Waals surface area contributed by atoms with Crippen molar-refractivity contribution >= 4 is 44.1 Å². The van der Waals surface area contributed by atoms with Gasteiger partial charge in [-0.25, -0.2) is 4.98 Å². The second-order valence-electron chi connectivity index (χ2n) is 10.6. The Bertz CT molecular complexity index is 1690. The number of aromatic nitrogens is 1. The first-order chi connectivity index (χ1) is 20.8. The SMILES string of the molecule is CCCCOc1ccc(C2C(=C(O)c3ccc(OCCC)cc3)C(=O)C(=O)N2c2nc3c(C)cc(C)cc3s2)cc1OC. The maximum atomic E-state index is 13.8. The predicted molar refractivity (Wildman–Crippen MR) is 170 cm³/mol. The number of fused-ring (bicyclic) bond motifs is 1. The number of Topliss-reactive ketones (excluding diaryl/α,β-unsaturated/α-hetero) is 1. The normalized spacial score (nSPS) is 16.2. The predicted octanol–water partition coefficient (Wildman–Crippen LogP) is 7.52.